The second kappa shape index (κ2) is 6.33. The Morgan fingerprint density at radius 1 is 0.958 bits per heavy atom. The van der Waals surface area contributed by atoms with Crippen molar-refractivity contribution >= 4 is 28.5 Å². The molecule has 0 radical (unpaired) electrons. The topological polar surface area (TPSA) is 69.1 Å². The lowest BCUT2D eigenvalue weighted by Crippen LogP contribution is -2.00. The first-order valence-electron chi connectivity index (χ1n) is 7.33. The molecule has 0 amide bonds. The van der Waals surface area contributed by atoms with Crippen molar-refractivity contribution in [2.24, 2.45) is 0 Å². The molecule has 0 N–H and O–H groups in total. The van der Waals surface area contributed by atoms with E-state index in [1.807, 2.05) is 54.6 Å². The van der Waals surface area contributed by atoms with Crippen LogP contribution in [0.4, 0.5) is 0 Å². The summed E-state index contributed by atoms with van der Waals surface area (Å²) in [7, 11) is 0. The summed E-state index contributed by atoms with van der Waals surface area (Å²) < 4.78 is 11.1. The fourth-order valence-corrected chi connectivity index (χ4v) is 2.92. The standard InChI is InChI=1S/C18H12N2O3S/c21-14(16-10-13-8-4-5-9-15(13)22-16)11-24-18-20-19-17(23-18)12-6-2-1-3-7-12/h1-10H,11H2. The Morgan fingerprint density at radius 2 is 1.75 bits per heavy atom. The van der Waals surface area contributed by atoms with E-state index >= 15 is 0 Å². The van der Waals surface area contributed by atoms with Crippen molar-refractivity contribution in [1.29, 1.82) is 0 Å². The zero-order chi connectivity index (χ0) is 16.4. The van der Waals surface area contributed by atoms with Crippen molar-refractivity contribution < 1.29 is 13.6 Å². The van der Waals surface area contributed by atoms with Crippen LogP contribution in [0, 0.1) is 0 Å². The monoisotopic (exact) mass is 336 g/mol. The molecule has 0 bridgehead atoms. The van der Waals surface area contributed by atoms with Crippen LogP contribution < -0.4 is 0 Å². The first-order chi connectivity index (χ1) is 11.8. The van der Waals surface area contributed by atoms with Gasteiger partial charge in [-0.1, -0.05) is 48.2 Å². The van der Waals surface area contributed by atoms with Crippen molar-refractivity contribution in [3.8, 4) is 11.5 Å². The minimum Gasteiger partial charge on any atom is -0.453 e. The van der Waals surface area contributed by atoms with Crippen LogP contribution >= 0.6 is 11.8 Å². The third-order valence-electron chi connectivity index (χ3n) is 3.45. The van der Waals surface area contributed by atoms with Gasteiger partial charge in [-0.05, 0) is 24.3 Å². The molecule has 5 nitrogen and oxygen atoms in total. The maximum atomic E-state index is 12.3. The molecule has 0 aliphatic heterocycles. The minimum atomic E-state index is -0.115. The number of carbonyl (C=O) groups excluding carboxylic acids is 1. The normalized spacial score (nSPS) is 11.0. The van der Waals surface area contributed by atoms with Crippen molar-refractivity contribution in [3.05, 3.63) is 66.4 Å². The van der Waals surface area contributed by atoms with E-state index in [9.17, 15) is 4.79 Å². The number of nitrogens with zero attached hydrogens (tertiary/aromatic N) is 2. The number of aromatic nitrogens is 2. The smallest absolute Gasteiger partial charge is 0.277 e. The number of para-hydroxylation sites is 1. The number of Topliss-reactive ketones (excluding diaryl/α,β-unsaturated/α-hetero) is 1. The second-order valence-electron chi connectivity index (χ2n) is 5.10. The SMILES string of the molecule is O=C(CSc1nnc(-c2ccccc2)o1)c1cc2ccccc2o1. The highest BCUT2D eigenvalue weighted by atomic mass is 32.2. The summed E-state index contributed by atoms with van der Waals surface area (Å²) >= 11 is 1.20. The van der Waals surface area contributed by atoms with Crippen LogP contribution in [0.25, 0.3) is 22.4 Å². The molecular formula is C18H12N2O3S. The Morgan fingerprint density at radius 3 is 2.58 bits per heavy atom. The molecule has 24 heavy (non-hydrogen) atoms. The molecule has 4 rings (SSSR count). The van der Waals surface area contributed by atoms with Gasteiger partial charge in [0.05, 0.1) is 5.75 Å². The van der Waals surface area contributed by atoms with Crippen LogP contribution in [0.15, 0.2) is 74.7 Å². The molecule has 118 valence electrons. The van der Waals surface area contributed by atoms with Gasteiger partial charge >= 0.3 is 0 Å². The van der Waals surface area contributed by atoms with Crippen LogP contribution in [-0.2, 0) is 0 Å². The van der Waals surface area contributed by atoms with Gasteiger partial charge in [0.25, 0.3) is 5.22 Å². The first-order valence-corrected chi connectivity index (χ1v) is 8.32. The van der Waals surface area contributed by atoms with Gasteiger partial charge in [0, 0.05) is 10.9 Å². The second-order valence-corrected chi connectivity index (χ2v) is 6.03. The minimum absolute atomic E-state index is 0.115. The molecule has 0 aliphatic carbocycles. The van der Waals surface area contributed by atoms with Gasteiger partial charge in [-0.3, -0.25) is 4.79 Å². The van der Waals surface area contributed by atoms with E-state index in [0.717, 1.165) is 10.9 Å². The number of benzene rings is 2. The summed E-state index contributed by atoms with van der Waals surface area (Å²) in [5, 5.41) is 9.24. The number of ketones is 1. The van der Waals surface area contributed by atoms with Gasteiger partial charge in [-0.2, -0.15) is 0 Å². The van der Waals surface area contributed by atoms with E-state index in [1.54, 1.807) is 6.07 Å². The van der Waals surface area contributed by atoms with Gasteiger partial charge in [0.2, 0.25) is 11.7 Å². The summed E-state index contributed by atoms with van der Waals surface area (Å²) in [6.45, 7) is 0. The van der Waals surface area contributed by atoms with Crippen LogP contribution in [0.2, 0.25) is 0 Å². The van der Waals surface area contributed by atoms with Gasteiger partial charge < -0.3 is 8.83 Å². The maximum Gasteiger partial charge on any atom is 0.277 e. The lowest BCUT2D eigenvalue weighted by Gasteiger charge is -1.94. The van der Waals surface area contributed by atoms with E-state index in [-0.39, 0.29) is 11.5 Å². The summed E-state index contributed by atoms with van der Waals surface area (Å²) in [5.74, 6) is 0.840. The molecule has 0 spiro atoms. The zero-order valence-corrected chi connectivity index (χ0v) is 13.3. The van der Waals surface area contributed by atoms with E-state index in [0.29, 0.717) is 22.5 Å². The lowest BCUT2D eigenvalue weighted by atomic mass is 10.2. The summed E-state index contributed by atoms with van der Waals surface area (Å²) in [4.78, 5) is 12.3. The predicted octanol–water partition coefficient (Wildman–Crippen LogP) is 4.46. The molecule has 0 fully saturated rings. The Labute approximate surface area is 141 Å². The van der Waals surface area contributed by atoms with Crippen molar-refractivity contribution in [2.45, 2.75) is 5.22 Å². The van der Waals surface area contributed by atoms with Gasteiger partial charge in [-0.15, -0.1) is 10.2 Å². The van der Waals surface area contributed by atoms with Crippen LogP contribution in [0.3, 0.4) is 0 Å². The molecule has 6 heteroatoms. The Kier molecular flexibility index (Phi) is 3.88. The molecule has 2 heterocycles. The van der Waals surface area contributed by atoms with E-state index in [1.165, 1.54) is 11.8 Å². The molecule has 0 unspecified atom stereocenters. The Balaban J connectivity index is 1.45. The number of carbonyl (C=O) groups is 1. The van der Waals surface area contributed by atoms with Gasteiger partial charge in [0.1, 0.15) is 5.58 Å². The predicted molar refractivity (Wildman–Crippen MR) is 91.0 cm³/mol. The Bertz CT molecular complexity index is 959. The molecular weight excluding hydrogens is 324 g/mol. The summed E-state index contributed by atoms with van der Waals surface area (Å²) in [6.07, 6.45) is 0. The third kappa shape index (κ3) is 2.96. The number of fused-ring (bicyclic) bond motifs is 1. The van der Waals surface area contributed by atoms with Gasteiger partial charge in [0.15, 0.2) is 5.76 Å². The molecule has 4 aromatic rings. The average molecular weight is 336 g/mol. The lowest BCUT2D eigenvalue weighted by molar-refractivity contribution is 0.0994. The zero-order valence-electron chi connectivity index (χ0n) is 12.5. The quantitative estimate of drug-likeness (QED) is 0.396. The third-order valence-corrected chi connectivity index (χ3v) is 4.27. The highest BCUT2D eigenvalue weighted by Gasteiger charge is 2.15. The maximum absolute atomic E-state index is 12.3. The number of furan rings is 1. The Hall–Kier alpha value is -2.86. The number of thioether (sulfide) groups is 1. The van der Waals surface area contributed by atoms with Crippen molar-refractivity contribution in [2.75, 3.05) is 5.75 Å². The first kappa shape index (κ1) is 14.7. The molecule has 0 saturated heterocycles. The van der Waals surface area contributed by atoms with E-state index < -0.39 is 0 Å². The summed E-state index contributed by atoms with van der Waals surface area (Å²) in [5.41, 5.74) is 1.55. The number of hydrogen-bond acceptors (Lipinski definition) is 6. The fourth-order valence-electron chi connectivity index (χ4n) is 2.28. The number of rotatable bonds is 5. The van der Waals surface area contributed by atoms with Crippen molar-refractivity contribution in [3.63, 3.8) is 0 Å². The highest BCUT2D eigenvalue weighted by Crippen LogP contribution is 2.25. The number of hydrogen-bond donors (Lipinski definition) is 0. The van der Waals surface area contributed by atoms with Crippen LogP contribution in [0.5, 0.6) is 0 Å². The molecule has 0 aliphatic rings. The molecule has 2 aromatic carbocycles. The van der Waals surface area contributed by atoms with E-state index in [2.05, 4.69) is 10.2 Å². The van der Waals surface area contributed by atoms with Gasteiger partial charge in [-0.25, -0.2) is 0 Å². The average Bonchev–Trinajstić information content (AvgIpc) is 3.27. The van der Waals surface area contributed by atoms with E-state index in [4.69, 9.17) is 8.83 Å². The fraction of sp³-hybridized carbons (Fsp3) is 0.0556. The largest absolute Gasteiger partial charge is 0.453 e. The van der Waals surface area contributed by atoms with Crippen molar-refractivity contribution in [1.82, 2.24) is 10.2 Å². The molecule has 2 aromatic heterocycles. The molecule has 0 atom stereocenters. The van der Waals surface area contributed by atoms with Crippen LogP contribution in [0.1, 0.15) is 10.6 Å². The summed E-state index contributed by atoms with van der Waals surface area (Å²) in [6, 6.07) is 18.8. The molecule has 0 saturated carbocycles. The highest BCUT2D eigenvalue weighted by molar-refractivity contribution is 7.99. The van der Waals surface area contributed by atoms with Crippen LogP contribution in [-0.4, -0.2) is 21.7 Å².